The number of carbonyl (C=O) groups is 1. The van der Waals surface area contributed by atoms with Crippen molar-refractivity contribution < 1.29 is 19.1 Å². The third kappa shape index (κ3) is 5.11. The summed E-state index contributed by atoms with van der Waals surface area (Å²) in [7, 11) is 1.31. The van der Waals surface area contributed by atoms with Crippen molar-refractivity contribution in [2.24, 2.45) is 5.16 Å². The van der Waals surface area contributed by atoms with Gasteiger partial charge >= 0.3 is 5.97 Å². The van der Waals surface area contributed by atoms with Crippen molar-refractivity contribution >= 4 is 23.3 Å². The van der Waals surface area contributed by atoms with Crippen LogP contribution >= 0.6 is 11.6 Å². The quantitative estimate of drug-likeness (QED) is 0.200. The second-order valence-corrected chi connectivity index (χ2v) is 7.92. The van der Waals surface area contributed by atoms with E-state index in [-0.39, 0.29) is 12.3 Å². The lowest BCUT2D eigenvalue weighted by molar-refractivity contribution is -0.132. The molecule has 0 N–H and O–H groups in total. The largest absolute Gasteiger partial charge is 0.490 e. The van der Waals surface area contributed by atoms with Gasteiger partial charge in [0.05, 0.1) is 7.11 Å². The summed E-state index contributed by atoms with van der Waals surface area (Å²) in [4.78, 5) is 17.3. The van der Waals surface area contributed by atoms with Gasteiger partial charge in [0.15, 0.2) is 12.3 Å². The van der Waals surface area contributed by atoms with Crippen LogP contribution in [0.5, 0.6) is 5.75 Å². The summed E-state index contributed by atoms with van der Waals surface area (Å²) in [6.45, 7) is 0.503. The Kier molecular flexibility index (Phi) is 7.07. The topological polar surface area (TPSA) is 57.1 Å². The molecule has 164 valence electrons. The van der Waals surface area contributed by atoms with Crippen LogP contribution in [0.25, 0.3) is 0 Å². The van der Waals surface area contributed by atoms with Crippen LogP contribution in [-0.2, 0) is 20.8 Å². The van der Waals surface area contributed by atoms with Gasteiger partial charge in [-0.05, 0) is 53.8 Å². The van der Waals surface area contributed by atoms with Gasteiger partial charge < -0.3 is 14.3 Å². The number of methoxy groups -OCH3 is 1. The second kappa shape index (κ2) is 10.3. The summed E-state index contributed by atoms with van der Waals surface area (Å²) >= 11 is 6.12. The number of nitrogens with zero attached hydrogens (tertiary/aromatic N) is 1. The van der Waals surface area contributed by atoms with Gasteiger partial charge in [0.2, 0.25) is 0 Å². The van der Waals surface area contributed by atoms with E-state index in [0.29, 0.717) is 18.1 Å². The molecule has 1 aliphatic carbocycles. The molecule has 3 aromatic rings. The molecule has 1 atom stereocenters. The molecule has 0 radical (unpaired) electrons. The number of esters is 1. The van der Waals surface area contributed by atoms with Crippen molar-refractivity contribution in [2.45, 2.75) is 18.8 Å². The Balaban J connectivity index is 1.31. The summed E-state index contributed by atoms with van der Waals surface area (Å²) in [5.41, 5.74) is 4.71. The van der Waals surface area contributed by atoms with Crippen molar-refractivity contribution in [3.05, 3.63) is 100 Å². The minimum Gasteiger partial charge on any atom is -0.490 e. The molecule has 6 heteroatoms. The molecule has 3 aromatic carbocycles. The smallest absolute Gasteiger partial charge is 0.360 e. The third-order valence-electron chi connectivity index (χ3n) is 5.49. The van der Waals surface area contributed by atoms with Crippen LogP contribution in [0.4, 0.5) is 0 Å². The average molecular weight is 450 g/mol. The van der Waals surface area contributed by atoms with Crippen LogP contribution in [0.2, 0.25) is 5.02 Å². The van der Waals surface area contributed by atoms with Crippen LogP contribution in [0.3, 0.4) is 0 Å². The first kappa shape index (κ1) is 21.9. The minimum atomic E-state index is -0.552. The SMILES string of the molecule is COC(=O)/C(=N\OCCOc1ccc(C2CCc3cc(Cl)ccc32)cc1)c1ccccc1. The lowest BCUT2D eigenvalue weighted by atomic mass is 9.93. The van der Waals surface area contributed by atoms with E-state index in [4.69, 9.17) is 25.9 Å². The normalized spacial score (nSPS) is 15.2. The first-order valence-electron chi connectivity index (χ1n) is 10.5. The van der Waals surface area contributed by atoms with Crippen molar-refractivity contribution in [3.8, 4) is 5.75 Å². The molecule has 0 fully saturated rings. The summed E-state index contributed by atoms with van der Waals surface area (Å²) in [5.74, 6) is 0.596. The van der Waals surface area contributed by atoms with E-state index in [2.05, 4.69) is 29.4 Å². The number of hydrogen-bond donors (Lipinski definition) is 0. The molecular formula is C26H24ClNO4. The number of hydrogen-bond acceptors (Lipinski definition) is 5. The Morgan fingerprint density at radius 1 is 1.03 bits per heavy atom. The Morgan fingerprint density at radius 2 is 1.81 bits per heavy atom. The van der Waals surface area contributed by atoms with Crippen molar-refractivity contribution in [1.29, 1.82) is 0 Å². The van der Waals surface area contributed by atoms with Crippen molar-refractivity contribution in [3.63, 3.8) is 0 Å². The molecular weight excluding hydrogens is 426 g/mol. The molecule has 0 bridgehead atoms. The number of ether oxygens (including phenoxy) is 2. The Labute approximate surface area is 192 Å². The molecule has 0 heterocycles. The van der Waals surface area contributed by atoms with Gasteiger partial charge in [0.25, 0.3) is 0 Å². The Morgan fingerprint density at radius 3 is 2.56 bits per heavy atom. The van der Waals surface area contributed by atoms with Crippen LogP contribution in [0, 0.1) is 0 Å². The Bertz CT molecular complexity index is 1100. The van der Waals surface area contributed by atoms with Gasteiger partial charge in [-0.25, -0.2) is 4.79 Å². The molecule has 5 nitrogen and oxygen atoms in total. The zero-order chi connectivity index (χ0) is 22.3. The lowest BCUT2D eigenvalue weighted by Crippen LogP contribution is -2.18. The van der Waals surface area contributed by atoms with E-state index in [1.807, 2.05) is 36.4 Å². The van der Waals surface area contributed by atoms with E-state index in [1.165, 1.54) is 23.8 Å². The zero-order valence-corrected chi connectivity index (χ0v) is 18.5. The number of oxime groups is 1. The first-order chi connectivity index (χ1) is 15.7. The maximum absolute atomic E-state index is 12.0. The molecule has 0 amide bonds. The highest BCUT2D eigenvalue weighted by molar-refractivity contribution is 6.43. The molecule has 0 aromatic heterocycles. The number of carbonyl (C=O) groups excluding carboxylic acids is 1. The molecule has 0 spiro atoms. The summed E-state index contributed by atoms with van der Waals surface area (Å²) in [6, 6.07) is 23.4. The van der Waals surface area contributed by atoms with Crippen LogP contribution < -0.4 is 4.74 Å². The molecule has 0 saturated carbocycles. The van der Waals surface area contributed by atoms with Gasteiger partial charge in [-0.1, -0.05) is 65.3 Å². The highest BCUT2D eigenvalue weighted by atomic mass is 35.5. The monoisotopic (exact) mass is 449 g/mol. The van der Waals surface area contributed by atoms with Crippen molar-refractivity contribution in [2.75, 3.05) is 20.3 Å². The highest BCUT2D eigenvalue weighted by Gasteiger charge is 2.24. The second-order valence-electron chi connectivity index (χ2n) is 7.48. The van der Waals surface area contributed by atoms with Crippen LogP contribution in [0.1, 0.15) is 34.6 Å². The predicted molar refractivity (Wildman–Crippen MR) is 125 cm³/mol. The number of benzene rings is 3. The maximum Gasteiger partial charge on any atom is 0.360 e. The predicted octanol–water partition coefficient (Wildman–Crippen LogP) is 5.39. The van der Waals surface area contributed by atoms with Gasteiger partial charge in [-0.3, -0.25) is 0 Å². The number of aryl methyl sites for hydroxylation is 1. The van der Waals surface area contributed by atoms with Gasteiger partial charge in [0.1, 0.15) is 12.4 Å². The van der Waals surface area contributed by atoms with E-state index in [0.717, 1.165) is 23.6 Å². The fraction of sp³-hybridized carbons (Fsp3) is 0.231. The number of halogens is 1. The molecule has 32 heavy (non-hydrogen) atoms. The Hall–Kier alpha value is -3.31. The van der Waals surface area contributed by atoms with E-state index in [1.54, 1.807) is 12.1 Å². The summed E-state index contributed by atoms with van der Waals surface area (Å²) in [5, 5.41) is 4.74. The fourth-order valence-electron chi connectivity index (χ4n) is 3.94. The van der Waals surface area contributed by atoms with Gasteiger partial charge in [-0.2, -0.15) is 0 Å². The number of fused-ring (bicyclic) bond motifs is 1. The number of rotatable bonds is 8. The molecule has 1 aliphatic rings. The fourth-order valence-corrected chi connectivity index (χ4v) is 4.13. The zero-order valence-electron chi connectivity index (χ0n) is 17.8. The van der Waals surface area contributed by atoms with Gasteiger partial charge in [-0.15, -0.1) is 0 Å². The summed E-state index contributed by atoms with van der Waals surface area (Å²) < 4.78 is 10.5. The maximum atomic E-state index is 12.0. The first-order valence-corrected chi connectivity index (χ1v) is 10.9. The van der Waals surface area contributed by atoms with Crippen molar-refractivity contribution in [1.82, 2.24) is 0 Å². The molecule has 4 rings (SSSR count). The summed E-state index contributed by atoms with van der Waals surface area (Å²) in [6.07, 6.45) is 2.14. The standard InChI is InChI=1S/C26H24ClNO4/c1-30-26(29)25(19-5-3-2-4-6-19)28-32-16-15-31-22-11-7-18(8-12-22)23-13-9-20-17-21(27)10-14-24(20)23/h2-8,10-12,14,17,23H,9,13,15-16H2,1H3/b28-25-. The van der Waals surface area contributed by atoms with Crippen LogP contribution in [0.15, 0.2) is 78.0 Å². The average Bonchev–Trinajstić information content (AvgIpc) is 3.25. The van der Waals surface area contributed by atoms with Crippen LogP contribution in [-0.4, -0.2) is 32.0 Å². The lowest BCUT2D eigenvalue weighted by Gasteiger charge is -2.13. The van der Waals surface area contributed by atoms with E-state index >= 15 is 0 Å². The van der Waals surface area contributed by atoms with Gasteiger partial charge in [0, 0.05) is 16.5 Å². The third-order valence-corrected chi connectivity index (χ3v) is 5.73. The minimum absolute atomic E-state index is 0.121. The highest BCUT2D eigenvalue weighted by Crippen LogP contribution is 2.39. The van der Waals surface area contributed by atoms with E-state index in [9.17, 15) is 4.79 Å². The molecule has 0 aliphatic heterocycles. The van der Waals surface area contributed by atoms with E-state index < -0.39 is 5.97 Å². The molecule has 0 saturated heterocycles. The molecule has 1 unspecified atom stereocenters.